The van der Waals surface area contributed by atoms with Gasteiger partial charge in [0, 0.05) is 6.20 Å². The minimum Gasteiger partial charge on any atom is -0.481 e. The quantitative estimate of drug-likeness (QED) is 0.752. The van der Waals surface area contributed by atoms with Crippen LogP contribution in [0.5, 0.6) is 0 Å². The topological polar surface area (TPSA) is 78.0 Å². The molecule has 3 N–H and O–H groups in total. The lowest BCUT2D eigenvalue weighted by Gasteiger charge is -2.27. The highest BCUT2D eigenvalue weighted by Gasteiger charge is 2.28. The minimum absolute atomic E-state index is 0.0409. The van der Waals surface area contributed by atoms with Crippen LogP contribution in [-0.4, -0.2) is 27.6 Å². The zero-order valence-electron chi connectivity index (χ0n) is 9.89. The van der Waals surface area contributed by atoms with Gasteiger partial charge in [-0.1, -0.05) is 0 Å². The third-order valence-corrected chi connectivity index (χ3v) is 3.54. The van der Waals surface area contributed by atoms with Gasteiger partial charge in [0.15, 0.2) is 0 Å². The van der Waals surface area contributed by atoms with Crippen LogP contribution in [0.3, 0.4) is 0 Å². The third kappa shape index (κ3) is 1.97. The van der Waals surface area contributed by atoms with Crippen molar-refractivity contribution in [3.05, 3.63) is 30.1 Å². The molecule has 0 saturated carbocycles. The summed E-state index contributed by atoms with van der Waals surface area (Å²) in [4.78, 5) is 18.7. The highest BCUT2D eigenvalue weighted by molar-refractivity contribution is 5.75. The summed E-state index contributed by atoms with van der Waals surface area (Å²) in [6.45, 7) is 0.731. The van der Waals surface area contributed by atoms with Crippen LogP contribution < -0.4 is 5.32 Å². The Morgan fingerprint density at radius 1 is 1.39 bits per heavy atom. The number of aromatic nitrogens is 2. The van der Waals surface area contributed by atoms with E-state index in [4.69, 9.17) is 5.11 Å². The maximum Gasteiger partial charge on any atom is 0.306 e. The Balaban J connectivity index is 1.86. The molecule has 3 rings (SSSR count). The number of piperidine rings is 1. The standard InChI is InChI=1S/C13H15N3O2/c17-13(18)8-3-5-15-12(7-8)10-2-1-9-11(16-10)4-6-14-9/h1-2,4,6,8,12,14-15H,3,5,7H2,(H,17,18). The van der Waals surface area contributed by atoms with Gasteiger partial charge in [0.05, 0.1) is 28.7 Å². The largest absolute Gasteiger partial charge is 0.481 e. The number of fused-ring (bicyclic) bond motifs is 1. The van der Waals surface area contributed by atoms with Gasteiger partial charge in [-0.05, 0) is 37.6 Å². The first-order chi connectivity index (χ1) is 8.74. The second kappa shape index (κ2) is 4.42. The van der Waals surface area contributed by atoms with Crippen LogP contribution in [0.1, 0.15) is 24.6 Å². The maximum absolute atomic E-state index is 11.0. The second-order valence-electron chi connectivity index (χ2n) is 4.71. The smallest absolute Gasteiger partial charge is 0.306 e. The fourth-order valence-corrected chi connectivity index (χ4v) is 2.51. The molecule has 1 aliphatic heterocycles. The molecule has 0 amide bonds. The molecular formula is C13H15N3O2. The van der Waals surface area contributed by atoms with Crippen molar-refractivity contribution in [2.24, 2.45) is 5.92 Å². The van der Waals surface area contributed by atoms with E-state index in [9.17, 15) is 4.79 Å². The number of hydrogen-bond acceptors (Lipinski definition) is 3. The number of hydrogen-bond donors (Lipinski definition) is 3. The van der Waals surface area contributed by atoms with Crippen LogP contribution in [0.25, 0.3) is 11.0 Å². The predicted molar refractivity (Wildman–Crippen MR) is 67.2 cm³/mol. The van der Waals surface area contributed by atoms with E-state index >= 15 is 0 Å². The third-order valence-electron chi connectivity index (χ3n) is 3.54. The van der Waals surface area contributed by atoms with Crippen molar-refractivity contribution >= 4 is 17.0 Å². The SMILES string of the molecule is O=C(O)C1CCNC(c2ccc3[nH]ccc3n2)C1. The Morgan fingerprint density at radius 3 is 3.11 bits per heavy atom. The fourth-order valence-electron chi connectivity index (χ4n) is 2.51. The zero-order valence-corrected chi connectivity index (χ0v) is 9.89. The Kier molecular flexibility index (Phi) is 2.76. The summed E-state index contributed by atoms with van der Waals surface area (Å²) in [5, 5.41) is 12.4. The van der Waals surface area contributed by atoms with E-state index in [0.717, 1.165) is 23.3 Å². The number of nitrogens with zero attached hydrogens (tertiary/aromatic N) is 1. The van der Waals surface area contributed by atoms with Gasteiger partial charge >= 0.3 is 5.97 Å². The first kappa shape index (κ1) is 11.2. The van der Waals surface area contributed by atoms with Crippen LogP contribution in [0, 0.1) is 5.92 Å². The monoisotopic (exact) mass is 245 g/mol. The van der Waals surface area contributed by atoms with E-state index in [1.165, 1.54) is 0 Å². The Morgan fingerprint density at radius 2 is 2.28 bits per heavy atom. The van der Waals surface area contributed by atoms with Gasteiger partial charge in [-0.15, -0.1) is 0 Å². The van der Waals surface area contributed by atoms with Gasteiger partial charge in [-0.3, -0.25) is 4.79 Å². The summed E-state index contributed by atoms with van der Waals surface area (Å²) >= 11 is 0. The van der Waals surface area contributed by atoms with E-state index in [2.05, 4.69) is 15.3 Å². The number of pyridine rings is 1. The van der Waals surface area contributed by atoms with Gasteiger partial charge < -0.3 is 15.4 Å². The van der Waals surface area contributed by atoms with Crippen molar-refractivity contribution in [2.75, 3.05) is 6.54 Å². The van der Waals surface area contributed by atoms with E-state index in [1.54, 1.807) is 0 Å². The van der Waals surface area contributed by atoms with Gasteiger partial charge in [0.1, 0.15) is 0 Å². The number of aromatic amines is 1. The zero-order chi connectivity index (χ0) is 12.5. The fraction of sp³-hybridized carbons (Fsp3) is 0.385. The molecule has 0 bridgehead atoms. The number of H-pyrrole nitrogens is 1. The van der Waals surface area contributed by atoms with E-state index in [0.29, 0.717) is 12.8 Å². The first-order valence-electron chi connectivity index (χ1n) is 6.14. The summed E-state index contributed by atoms with van der Waals surface area (Å²) in [5.74, 6) is -0.968. The molecule has 2 unspecified atom stereocenters. The molecule has 5 nitrogen and oxygen atoms in total. The molecular weight excluding hydrogens is 230 g/mol. The molecule has 1 saturated heterocycles. The Bertz CT molecular complexity index is 578. The van der Waals surface area contributed by atoms with Crippen molar-refractivity contribution in [1.29, 1.82) is 0 Å². The summed E-state index contributed by atoms with van der Waals surface area (Å²) in [6.07, 6.45) is 3.16. The van der Waals surface area contributed by atoms with Crippen LogP contribution in [0.15, 0.2) is 24.4 Å². The molecule has 0 aliphatic carbocycles. The maximum atomic E-state index is 11.0. The van der Waals surface area contributed by atoms with Crippen molar-refractivity contribution in [1.82, 2.24) is 15.3 Å². The lowest BCUT2D eigenvalue weighted by atomic mass is 9.91. The van der Waals surface area contributed by atoms with Gasteiger partial charge in [-0.2, -0.15) is 0 Å². The van der Waals surface area contributed by atoms with Crippen LogP contribution in [0.2, 0.25) is 0 Å². The molecule has 2 aromatic rings. The molecule has 2 aromatic heterocycles. The summed E-state index contributed by atoms with van der Waals surface area (Å²) < 4.78 is 0. The number of carboxylic acid groups (broad SMARTS) is 1. The number of aliphatic carboxylic acids is 1. The first-order valence-corrected chi connectivity index (χ1v) is 6.14. The number of rotatable bonds is 2. The second-order valence-corrected chi connectivity index (χ2v) is 4.71. The van der Waals surface area contributed by atoms with E-state index in [-0.39, 0.29) is 12.0 Å². The molecule has 1 aliphatic rings. The molecule has 18 heavy (non-hydrogen) atoms. The van der Waals surface area contributed by atoms with Crippen LogP contribution in [0.4, 0.5) is 0 Å². The molecule has 2 atom stereocenters. The molecule has 0 radical (unpaired) electrons. The highest BCUT2D eigenvalue weighted by Crippen LogP contribution is 2.27. The van der Waals surface area contributed by atoms with E-state index in [1.807, 2.05) is 24.4 Å². The van der Waals surface area contributed by atoms with Gasteiger partial charge in [0.2, 0.25) is 0 Å². The van der Waals surface area contributed by atoms with Crippen molar-refractivity contribution < 1.29 is 9.90 Å². The molecule has 5 heteroatoms. The summed E-state index contributed by atoms with van der Waals surface area (Å²) in [6, 6.07) is 5.92. The lowest BCUT2D eigenvalue weighted by molar-refractivity contribution is -0.143. The minimum atomic E-state index is -0.704. The van der Waals surface area contributed by atoms with E-state index < -0.39 is 5.97 Å². The molecule has 94 valence electrons. The molecule has 3 heterocycles. The lowest BCUT2D eigenvalue weighted by Crippen LogP contribution is -2.35. The van der Waals surface area contributed by atoms with Gasteiger partial charge in [0.25, 0.3) is 0 Å². The molecule has 0 aromatic carbocycles. The normalized spacial score (nSPS) is 24.2. The molecule has 1 fully saturated rings. The van der Waals surface area contributed by atoms with Gasteiger partial charge in [-0.25, -0.2) is 4.98 Å². The summed E-state index contributed by atoms with van der Waals surface area (Å²) in [5.41, 5.74) is 2.85. The number of nitrogens with one attached hydrogen (secondary N) is 2. The van der Waals surface area contributed by atoms with Crippen molar-refractivity contribution in [3.8, 4) is 0 Å². The number of carbonyl (C=O) groups is 1. The average Bonchev–Trinajstić information content (AvgIpc) is 2.86. The van der Waals surface area contributed by atoms with Crippen molar-refractivity contribution in [2.45, 2.75) is 18.9 Å². The molecule has 0 spiro atoms. The Hall–Kier alpha value is -1.88. The highest BCUT2D eigenvalue weighted by atomic mass is 16.4. The van der Waals surface area contributed by atoms with Crippen LogP contribution in [-0.2, 0) is 4.79 Å². The van der Waals surface area contributed by atoms with Crippen molar-refractivity contribution in [3.63, 3.8) is 0 Å². The summed E-state index contributed by atoms with van der Waals surface area (Å²) in [7, 11) is 0. The number of carboxylic acids is 1. The van der Waals surface area contributed by atoms with Crippen LogP contribution >= 0.6 is 0 Å². The Labute approximate surface area is 104 Å². The predicted octanol–water partition coefficient (Wildman–Crippen LogP) is 1.69. The average molecular weight is 245 g/mol.